The van der Waals surface area contributed by atoms with E-state index in [0.29, 0.717) is 13.2 Å². The summed E-state index contributed by atoms with van der Waals surface area (Å²) in [5.74, 6) is -0.0168. The average Bonchev–Trinajstić information content (AvgIpc) is 2.92. The number of benzene rings is 1. The van der Waals surface area contributed by atoms with Crippen molar-refractivity contribution in [3.63, 3.8) is 0 Å². The molecule has 1 aromatic heterocycles. The maximum atomic E-state index is 12.9. The Hall–Kier alpha value is -2.18. The SMILES string of the molecule is Cc1cc(C)n(CC(=O)N2CCO[C@H](CO)[C@H]2c2ccccc2)n1. The number of hydrogen-bond donors (Lipinski definition) is 1. The van der Waals surface area contributed by atoms with Crippen molar-refractivity contribution in [3.8, 4) is 0 Å². The first-order chi connectivity index (χ1) is 11.6. The van der Waals surface area contributed by atoms with Gasteiger partial charge in [-0.2, -0.15) is 5.10 Å². The lowest BCUT2D eigenvalue weighted by molar-refractivity contribution is -0.150. The monoisotopic (exact) mass is 329 g/mol. The van der Waals surface area contributed by atoms with Gasteiger partial charge >= 0.3 is 0 Å². The number of nitrogens with zero attached hydrogens (tertiary/aromatic N) is 3. The van der Waals surface area contributed by atoms with Crippen LogP contribution < -0.4 is 0 Å². The first-order valence-corrected chi connectivity index (χ1v) is 8.18. The number of aromatic nitrogens is 2. The van der Waals surface area contributed by atoms with Gasteiger partial charge in [-0.3, -0.25) is 9.48 Å². The molecule has 2 atom stereocenters. The minimum absolute atomic E-state index is 0.0168. The standard InChI is InChI=1S/C18H23N3O3/c1-13-10-14(2)21(19-13)11-17(23)20-8-9-24-16(12-22)18(20)15-6-4-3-5-7-15/h3-7,10,16,18,22H,8-9,11-12H2,1-2H3/t16-,18-/m1/s1. The van der Waals surface area contributed by atoms with Crippen LogP contribution in [0.5, 0.6) is 0 Å². The summed E-state index contributed by atoms with van der Waals surface area (Å²) in [5, 5.41) is 14.0. The smallest absolute Gasteiger partial charge is 0.245 e. The van der Waals surface area contributed by atoms with Gasteiger partial charge in [0.1, 0.15) is 12.6 Å². The van der Waals surface area contributed by atoms with Gasteiger partial charge in [-0.15, -0.1) is 0 Å². The molecule has 0 saturated carbocycles. The van der Waals surface area contributed by atoms with Crippen LogP contribution >= 0.6 is 0 Å². The van der Waals surface area contributed by atoms with Gasteiger partial charge in [0.05, 0.1) is 24.9 Å². The highest BCUT2D eigenvalue weighted by Crippen LogP contribution is 2.29. The molecule has 1 N–H and O–H groups in total. The number of carbonyl (C=O) groups excluding carboxylic acids is 1. The molecule has 1 aromatic carbocycles. The van der Waals surface area contributed by atoms with Crippen molar-refractivity contribution < 1.29 is 14.6 Å². The van der Waals surface area contributed by atoms with Gasteiger partial charge in [-0.1, -0.05) is 30.3 Å². The molecule has 0 aliphatic carbocycles. The Bertz CT molecular complexity index is 699. The van der Waals surface area contributed by atoms with Crippen LogP contribution in [-0.2, 0) is 16.1 Å². The quantitative estimate of drug-likeness (QED) is 0.922. The Morgan fingerprint density at radius 2 is 2.08 bits per heavy atom. The molecule has 0 unspecified atom stereocenters. The van der Waals surface area contributed by atoms with Gasteiger partial charge in [-0.05, 0) is 25.5 Å². The Kier molecular flexibility index (Phi) is 4.97. The third-order valence-corrected chi connectivity index (χ3v) is 4.38. The number of hydrogen-bond acceptors (Lipinski definition) is 4. The van der Waals surface area contributed by atoms with E-state index in [1.807, 2.05) is 50.2 Å². The Balaban J connectivity index is 1.85. The molecular weight excluding hydrogens is 306 g/mol. The lowest BCUT2D eigenvalue weighted by atomic mass is 9.98. The summed E-state index contributed by atoms with van der Waals surface area (Å²) in [4.78, 5) is 14.7. The lowest BCUT2D eigenvalue weighted by Gasteiger charge is -2.41. The van der Waals surface area contributed by atoms with Crippen molar-refractivity contribution in [3.05, 3.63) is 53.3 Å². The number of aryl methyl sites for hydroxylation is 2. The van der Waals surface area contributed by atoms with Gasteiger partial charge in [0.2, 0.25) is 5.91 Å². The van der Waals surface area contributed by atoms with Crippen molar-refractivity contribution in [1.29, 1.82) is 0 Å². The zero-order valence-corrected chi connectivity index (χ0v) is 14.1. The van der Waals surface area contributed by atoms with Crippen molar-refractivity contribution in [2.24, 2.45) is 0 Å². The molecule has 1 amide bonds. The van der Waals surface area contributed by atoms with Gasteiger partial charge in [-0.25, -0.2) is 0 Å². The van der Waals surface area contributed by atoms with Gasteiger partial charge < -0.3 is 14.7 Å². The number of amides is 1. The topological polar surface area (TPSA) is 67.6 Å². The summed E-state index contributed by atoms with van der Waals surface area (Å²) in [6.07, 6.45) is -0.412. The van der Waals surface area contributed by atoms with E-state index in [0.717, 1.165) is 17.0 Å². The minimum atomic E-state index is -0.412. The van der Waals surface area contributed by atoms with E-state index < -0.39 is 6.10 Å². The molecule has 0 bridgehead atoms. The van der Waals surface area contributed by atoms with Crippen molar-refractivity contribution >= 4 is 5.91 Å². The zero-order chi connectivity index (χ0) is 17.1. The molecule has 1 fully saturated rings. The van der Waals surface area contributed by atoms with Crippen LogP contribution in [0.1, 0.15) is 23.0 Å². The molecule has 3 rings (SSSR count). The van der Waals surface area contributed by atoms with Crippen LogP contribution in [-0.4, -0.2) is 51.6 Å². The summed E-state index contributed by atoms with van der Waals surface area (Å²) < 4.78 is 7.41. The van der Waals surface area contributed by atoms with Crippen LogP contribution in [0, 0.1) is 13.8 Å². The van der Waals surface area contributed by atoms with Gasteiger partial charge in [0.25, 0.3) is 0 Å². The van der Waals surface area contributed by atoms with E-state index in [2.05, 4.69) is 5.10 Å². The lowest BCUT2D eigenvalue weighted by Crippen LogP contribution is -2.50. The Morgan fingerprint density at radius 3 is 2.71 bits per heavy atom. The fraction of sp³-hybridized carbons (Fsp3) is 0.444. The second kappa shape index (κ2) is 7.15. The number of aliphatic hydroxyl groups excluding tert-OH is 1. The van der Waals surface area contributed by atoms with Crippen LogP contribution in [0.15, 0.2) is 36.4 Å². The fourth-order valence-corrected chi connectivity index (χ4v) is 3.26. The predicted octanol–water partition coefficient (Wildman–Crippen LogP) is 1.46. The van der Waals surface area contributed by atoms with Crippen LogP contribution in [0.25, 0.3) is 0 Å². The van der Waals surface area contributed by atoms with E-state index in [1.165, 1.54) is 0 Å². The predicted molar refractivity (Wildman–Crippen MR) is 89.4 cm³/mol. The van der Waals surface area contributed by atoms with Crippen LogP contribution in [0.2, 0.25) is 0 Å². The van der Waals surface area contributed by atoms with E-state index in [-0.39, 0.29) is 25.1 Å². The van der Waals surface area contributed by atoms with Crippen molar-refractivity contribution in [2.75, 3.05) is 19.8 Å². The van der Waals surface area contributed by atoms with E-state index in [9.17, 15) is 9.90 Å². The molecule has 1 aliphatic heterocycles. The summed E-state index contributed by atoms with van der Waals surface area (Å²) in [6.45, 7) is 4.87. The molecule has 6 heteroatoms. The van der Waals surface area contributed by atoms with Crippen molar-refractivity contribution in [1.82, 2.24) is 14.7 Å². The summed E-state index contributed by atoms with van der Waals surface area (Å²) in [5.41, 5.74) is 2.83. The third kappa shape index (κ3) is 3.34. The molecular formula is C18H23N3O3. The molecule has 2 aromatic rings. The molecule has 128 valence electrons. The number of rotatable bonds is 4. The third-order valence-electron chi connectivity index (χ3n) is 4.38. The van der Waals surface area contributed by atoms with Crippen LogP contribution in [0.3, 0.4) is 0 Å². The second-order valence-corrected chi connectivity index (χ2v) is 6.12. The highest BCUT2D eigenvalue weighted by Gasteiger charge is 2.36. The maximum absolute atomic E-state index is 12.9. The Morgan fingerprint density at radius 1 is 1.33 bits per heavy atom. The summed E-state index contributed by atoms with van der Waals surface area (Å²) in [6, 6.07) is 11.4. The van der Waals surface area contributed by atoms with E-state index in [4.69, 9.17) is 4.74 Å². The molecule has 0 spiro atoms. The first-order valence-electron chi connectivity index (χ1n) is 8.18. The molecule has 0 radical (unpaired) electrons. The molecule has 2 heterocycles. The Labute approximate surface area is 141 Å². The van der Waals surface area contributed by atoms with Gasteiger partial charge in [0, 0.05) is 12.2 Å². The number of aliphatic hydroxyl groups is 1. The maximum Gasteiger partial charge on any atom is 0.245 e. The number of carbonyl (C=O) groups is 1. The largest absolute Gasteiger partial charge is 0.394 e. The number of ether oxygens (including phenoxy) is 1. The van der Waals surface area contributed by atoms with Crippen LogP contribution in [0.4, 0.5) is 0 Å². The highest BCUT2D eigenvalue weighted by atomic mass is 16.5. The normalized spacial score (nSPS) is 21.0. The van der Waals surface area contributed by atoms with E-state index in [1.54, 1.807) is 9.58 Å². The molecule has 24 heavy (non-hydrogen) atoms. The van der Waals surface area contributed by atoms with E-state index >= 15 is 0 Å². The summed E-state index contributed by atoms with van der Waals surface area (Å²) >= 11 is 0. The summed E-state index contributed by atoms with van der Waals surface area (Å²) in [7, 11) is 0. The highest BCUT2D eigenvalue weighted by molar-refractivity contribution is 5.76. The minimum Gasteiger partial charge on any atom is -0.394 e. The second-order valence-electron chi connectivity index (χ2n) is 6.12. The van der Waals surface area contributed by atoms with Gasteiger partial charge in [0.15, 0.2) is 0 Å². The molecule has 6 nitrogen and oxygen atoms in total. The molecule has 1 saturated heterocycles. The number of morpholine rings is 1. The van der Waals surface area contributed by atoms with Crippen molar-refractivity contribution in [2.45, 2.75) is 32.5 Å². The molecule has 1 aliphatic rings. The zero-order valence-electron chi connectivity index (χ0n) is 14.1. The fourth-order valence-electron chi connectivity index (χ4n) is 3.26. The average molecular weight is 329 g/mol. The first kappa shape index (κ1) is 16.7.